The Labute approximate surface area is 123 Å². The molecule has 2 rings (SSSR count). The van der Waals surface area contributed by atoms with E-state index in [1.807, 2.05) is 13.8 Å². The minimum Gasteiger partial charge on any atom is -0.379 e. The third-order valence-electron chi connectivity index (χ3n) is 4.40. The van der Waals surface area contributed by atoms with Crippen LogP contribution in [0, 0.1) is 11.6 Å². The van der Waals surface area contributed by atoms with Crippen LogP contribution in [0.3, 0.4) is 0 Å². The van der Waals surface area contributed by atoms with Crippen LogP contribution in [0.15, 0.2) is 18.2 Å². The molecule has 0 amide bonds. The van der Waals surface area contributed by atoms with E-state index in [4.69, 9.17) is 4.74 Å². The molecule has 0 aliphatic carbocycles. The standard InChI is InChI=1S/C16H21F2NO2/c1-3-16(2,19-7-9-21-10-8-19)15(20)11-12-13(17)5-4-6-14(12)18/h4-6H,3,7-11H2,1-2H3. The van der Waals surface area contributed by atoms with Crippen LogP contribution in [0.1, 0.15) is 25.8 Å². The van der Waals surface area contributed by atoms with E-state index in [1.165, 1.54) is 18.2 Å². The summed E-state index contributed by atoms with van der Waals surface area (Å²) >= 11 is 0. The van der Waals surface area contributed by atoms with Crippen molar-refractivity contribution in [3.05, 3.63) is 35.4 Å². The Bertz CT molecular complexity index is 495. The fraction of sp³-hybridized carbons (Fsp3) is 0.562. The predicted octanol–water partition coefficient (Wildman–Crippen LogP) is 2.58. The molecule has 1 atom stereocenters. The van der Waals surface area contributed by atoms with E-state index in [0.717, 1.165) is 0 Å². The summed E-state index contributed by atoms with van der Waals surface area (Å²) in [4.78, 5) is 14.7. The lowest BCUT2D eigenvalue weighted by molar-refractivity contribution is -0.133. The first-order chi connectivity index (χ1) is 9.99. The molecule has 5 heteroatoms. The van der Waals surface area contributed by atoms with Gasteiger partial charge in [0.15, 0.2) is 5.78 Å². The predicted molar refractivity (Wildman–Crippen MR) is 76.2 cm³/mol. The zero-order chi connectivity index (χ0) is 15.5. The number of morpholine rings is 1. The highest BCUT2D eigenvalue weighted by molar-refractivity contribution is 5.89. The molecule has 0 bridgehead atoms. The van der Waals surface area contributed by atoms with Crippen LogP contribution in [0.2, 0.25) is 0 Å². The van der Waals surface area contributed by atoms with Gasteiger partial charge in [0.2, 0.25) is 0 Å². The minimum absolute atomic E-state index is 0.143. The SMILES string of the molecule is CCC(C)(C(=O)Cc1c(F)cccc1F)N1CCOCC1. The summed E-state index contributed by atoms with van der Waals surface area (Å²) in [6, 6.07) is 3.67. The summed E-state index contributed by atoms with van der Waals surface area (Å²) in [7, 11) is 0. The molecule has 21 heavy (non-hydrogen) atoms. The normalized spacial score (nSPS) is 19.2. The largest absolute Gasteiger partial charge is 0.379 e. The highest BCUT2D eigenvalue weighted by Crippen LogP contribution is 2.25. The molecule has 3 nitrogen and oxygen atoms in total. The molecule has 0 N–H and O–H groups in total. The Morgan fingerprint density at radius 3 is 2.38 bits per heavy atom. The molecule has 1 heterocycles. The van der Waals surface area contributed by atoms with E-state index >= 15 is 0 Å². The van der Waals surface area contributed by atoms with E-state index < -0.39 is 17.2 Å². The van der Waals surface area contributed by atoms with Gasteiger partial charge in [-0.2, -0.15) is 0 Å². The number of benzene rings is 1. The first-order valence-corrected chi connectivity index (χ1v) is 7.28. The third-order valence-corrected chi connectivity index (χ3v) is 4.40. The number of Topliss-reactive ketones (excluding diaryl/α,β-unsaturated/α-hetero) is 1. The number of hydrogen-bond donors (Lipinski definition) is 0. The number of nitrogens with zero attached hydrogens (tertiary/aromatic N) is 1. The van der Waals surface area contributed by atoms with Crippen LogP contribution < -0.4 is 0 Å². The van der Waals surface area contributed by atoms with Crippen molar-refractivity contribution >= 4 is 5.78 Å². The van der Waals surface area contributed by atoms with Crippen LogP contribution in [-0.4, -0.2) is 42.5 Å². The average Bonchev–Trinajstić information content (AvgIpc) is 2.51. The van der Waals surface area contributed by atoms with Gasteiger partial charge in [0, 0.05) is 25.1 Å². The van der Waals surface area contributed by atoms with Crippen molar-refractivity contribution in [1.29, 1.82) is 0 Å². The zero-order valence-corrected chi connectivity index (χ0v) is 12.5. The summed E-state index contributed by atoms with van der Waals surface area (Å²) in [6.07, 6.45) is 0.377. The molecule has 1 saturated heterocycles. The molecular formula is C16H21F2NO2. The molecule has 1 aromatic rings. The zero-order valence-electron chi connectivity index (χ0n) is 12.5. The summed E-state index contributed by atoms with van der Waals surface area (Å²) in [5.74, 6) is -1.48. The van der Waals surface area contributed by atoms with E-state index in [-0.39, 0.29) is 17.8 Å². The van der Waals surface area contributed by atoms with Gasteiger partial charge in [-0.1, -0.05) is 13.0 Å². The van der Waals surface area contributed by atoms with Gasteiger partial charge in [-0.05, 0) is 25.5 Å². The Balaban J connectivity index is 2.20. The fourth-order valence-corrected chi connectivity index (χ4v) is 2.71. The van der Waals surface area contributed by atoms with Crippen molar-refractivity contribution in [1.82, 2.24) is 4.90 Å². The molecule has 0 spiro atoms. The van der Waals surface area contributed by atoms with Crippen molar-refractivity contribution in [3.63, 3.8) is 0 Å². The van der Waals surface area contributed by atoms with Crippen molar-refractivity contribution in [2.45, 2.75) is 32.2 Å². The molecule has 1 aliphatic rings. The first kappa shape index (κ1) is 16.0. The van der Waals surface area contributed by atoms with Gasteiger partial charge in [0.1, 0.15) is 11.6 Å². The lowest BCUT2D eigenvalue weighted by Gasteiger charge is -2.41. The van der Waals surface area contributed by atoms with Crippen LogP contribution in [0.25, 0.3) is 0 Å². The Kier molecular flexibility index (Phi) is 5.06. The Morgan fingerprint density at radius 1 is 1.29 bits per heavy atom. The number of carbonyl (C=O) groups excluding carboxylic acids is 1. The average molecular weight is 297 g/mol. The second-order valence-corrected chi connectivity index (χ2v) is 5.53. The van der Waals surface area contributed by atoms with Crippen molar-refractivity contribution in [2.75, 3.05) is 26.3 Å². The van der Waals surface area contributed by atoms with E-state index in [9.17, 15) is 13.6 Å². The Morgan fingerprint density at radius 2 is 1.86 bits per heavy atom. The number of hydrogen-bond acceptors (Lipinski definition) is 3. The highest BCUT2D eigenvalue weighted by Gasteiger charge is 2.38. The molecule has 1 aliphatic heterocycles. The lowest BCUT2D eigenvalue weighted by atomic mass is 9.86. The molecule has 0 aromatic heterocycles. The summed E-state index contributed by atoms with van der Waals surface area (Å²) < 4.78 is 32.7. The fourth-order valence-electron chi connectivity index (χ4n) is 2.71. The van der Waals surface area contributed by atoms with Crippen molar-refractivity contribution in [2.24, 2.45) is 0 Å². The number of ketones is 1. The molecule has 116 valence electrons. The van der Waals surface area contributed by atoms with Crippen LogP contribution >= 0.6 is 0 Å². The van der Waals surface area contributed by atoms with E-state index in [1.54, 1.807) is 0 Å². The maximum absolute atomic E-state index is 13.7. The third kappa shape index (κ3) is 3.30. The van der Waals surface area contributed by atoms with Gasteiger partial charge in [0.05, 0.1) is 18.8 Å². The van der Waals surface area contributed by atoms with E-state index in [2.05, 4.69) is 4.90 Å². The van der Waals surface area contributed by atoms with Crippen LogP contribution in [0.4, 0.5) is 8.78 Å². The number of rotatable bonds is 5. The molecule has 0 saturated carbocycles. The summed E-state index contributed by atoms with van der Waals surface area (Å²) in [6.45, 7) is 6.25. The second kappa shape index (κ2) is 6.62. The lowest BCUT2D eigenvalue weighted by Crippen LogP contribution is -2.56. The topological polar surface area (TPSA) is 29.5 Å². The first-order valence-electron chi connectivity index (χ1n) is 7.28. The van der Waals surface area contributed by atoms with Gasteiger partial charge < -0.3 is 4.74 Å². The van der Waals surface area contributed by atoms with E-state index in [0.29, 0.717) is 32.7 Å². The smallest absolute Gasteiger partial charge is 0.157 e. The second-order valence-electron chi connectivity index (χ2n) is 5.53. The van der Waals surface area contributed by atoms with Gasteiger partial charge in [-0.25, -0.2) is 8.78 Å². The molecular weight excluding hydrogens is 276 g/mol. The number of carbonyl (C=O) groups is 1. The molecule has 1 unspecified atom stereocenters. The monoisotopic (exact) mass is 297 g/mol. The van der Waals surface area contributed by atoms with Crippen molar-refractivity contribution < 1.29 is 18.3 Å². The molecule has 1 aromatic carbocycles. The minimum atomic E-state index is -0.710. The molecule has 0 radical (unpaired) electrons. The maximum Gasteiger partial charge on any atom is 0.157 e. The van der Waals surface area contributed by atoms with Gasteiger partial charge in [-0.15, -0.1) is 0 Å². The van der Waals surface area contributed by atoms with Crippen molar-refractivity contribution in [3.8, 4) is 0 Å². The summed E-state index contributed by atoms with van der Waals surface area (Å²) in [5, 5.41) is 0. The maximum atomic E-state index is 13.7. The molecule has 1 fully saturated rings. The number of ether oxygens (including phenoxy) is 1. The quantitative estimate of drug-likeness (QED) is 0.836. The summed E-state index contributed by atoms with van der Waals surface area (Å²) in [5.41, 5.74) is -0.853. The number of halogens is 2. The van der Waals surface area contributed by atoms with Gasteiger partial charge in [-0.3, -0.25) is 9.69 Å². The highest BCUT2D eigenvalue weighted by atomic mass is 19.1. The van der Waals surface area contributed by atoms with Gasteiger partial charge in [0.25, 0.3) is 0 Å². The van der Waals surface area contributed by atoms with Crippen LogP contribution in [0.5, 0.6) is 0 Å². The Hall–Kier alpha value is -1.33. The van der Waals surface area contributed by atoms with Crippen LogP contribution in [-0.2, 0) is 16.0 Å². The van der Waals surface area contributed by atoms with Gasteiger partial charge >= 0.3 is 0 Å².